The zero-order valence-corrected chi connectivity index (χ0v) is 17.9. The third-order valence-electron chi connectivity index (χ3n) is 5.74. The molecule has 0 unspecified atom stereocenters. The summed E-state index contributed by atoms with van der Waals surface area (Å²) in [6, 6.07) is 22.0. The average Bonchev–Trinajstić information content (AvgIpc) is 3.26. The van der Waals surface area contributed by atoms with Crippen molar-refractivity contribution in [2.24, 2.45) is 0 Å². The zero-order valence-electron chi connectivity index (χ0n) is 17.9. The van der Waals surface area contributed by atoms with Crippen LogP contribution in [0.3, 0.4) is 0 Å². The van der Waals surface area contributed by atoms with E-state index in [2.05, 4.69) is 24.0 Å². The second-order valence-corrected chi connectivity index (χ2v) is 7.56. The van der Waals surface area contributed by atoms with Gasteiger partial charge in [-0.3, -0.25) is 0 Å². The van der Waals surface area contributed by atoms with E-state index in [1.807, 2.05) is 54.6 Å². The molecule has 31 heavy (non-hydrogen) atoms. The molecule has 0 radical (unpaired) electrons. The van der Waals surface area contributed by atoms with Crippen molar-refractivity contribution in [3.05, 3.63) is 78.0 Å². The molecule has 2 heterocycles. The smallest absolute Gasteiger partial charge is 0.148 e. The van der Waals surface area contributed by atoms with Gasteiger partial charge in [0, 0.05) is 29.4 Å². The minimum absolute atomic E-state index is 0.721. The normalized spacial score (nSPS) is 12.7. The Morgan fingerprint density at radius 2 is 1.58 bits per heavy atom. The van der Waals surface area contributed by atoms with Crippen molar-refractivity contribution < 1.29 is 14.2 Å². The number of hydrogen-bond donors (Lipinski definition) is 0. The molecule has 0 saturated carbocycles. The van der Waals surface area contributed by atoms with Crippen LogP contribution in [-0.4, -0.2) is 25.7 Å². The number of aryl methyl sites for hydroxylation is 1. The standard InChI is InChI=1S/C26H24N2O3/c1-17-22-13-14-28(18-9-11-20(12-10-18)31-19-7-5-4-6-8-19)26(22)23-15-21(29-2)16-24(30-3)25(23)27-17/h4-12,15-16H,13-14H2,1-3H3. The van der Waals surface area contributed by atoms with Gasteiger partial charge in [-0.1, -0.05) is 18.2 Å². The number of anilines is 2. The Balaban J connectivity index is 1.56. The van der Waals surface area contributed by atoms with Crippen LogP contribution >= 0.6 is 0 Å². The number of nitrogens with zero attached hydrogens (tertiary/aromatic N) is 2. The Labute approximate surface area is 181 Å². The lowest BCUT2D eigenvalue weighted by atomic mass is 10.1. The highest BCUT2D eigenvalue weighted by Gasteiger charge is 2.27. The summed E-state index contributed by atoms with van der Waals surface area (Å²) >= 11 is 0. The molecule has 1 aromatic heterocycles. The predicted molar refractivity (Wildman–Crippen MR) is 123 cm³/mol. The van der Waals surface area contributed by atoms with Gasteiger partial charge < -0.3 is 19.1 Å². The van der Waals surface area contributed by atoms with Crippen LogP contribution in [0.5, 0.6) is 23.0 Å². The lowest BCUT2D eigenvalue weighted by molar-refractivity contribution is 0.397. The molecule has 5 nitrogen and oxygen atoms in total. The number of hydrogen-bond acceptors (Lipinski definition) is 5. The molecule has 0 bridgehead atoms. The van der Waals surface area contributed by atoms with Crippen LogP contribution in [0, 0.1) is 6.92 Å². The van der Waals surface area contributed by atoms with Crippen LogP contribution in [0.2, 0.25) is 0 Å². The summed E-state index contributed by atoms with van der Waals surface area (Å²) < 4.78 is 17.1. The third kappa shape index (κ3) is 3.42. The lowest BCUT2D eigenvalue weighted by Gasteiger charge is -2.22. The van der Waals surface area contributed by atoms with Crippen LogP contribution in [0.15, 0.2) is 66.7 Å². The van der Waals surface area contributed by atoms with Gasteiger partial charge in [-0.15, -0.1) is 0 Å². The molecule has 0 saturated heterocycles. The first-order chi connectivity index (χ1) is 15.2. The molecule has 1 aliphatic rings. The number of ether oxygens (including phenoxy) is 3. The summed E-state index contributed by atoms with van der Waals surface area (Å²) in [4.78, 5) is 7.20. The van der Waals surface area contributed by atoms with Crippen molar-refractivity contribution >= 4 is 22.3 Å². The van der Waals surface area contributed by atoms with E-state index in [1.54, 1.807) is 14.2 Å². The number of fused-ring (bicyclic) bond motifs is 3. The fourth-order valence-corrected chi connectivity index (χ4v) is 4.24. The summed E-state index contributed by atoms with van der Waals surface area (Å²) in [6.45, 7) is 2.97. The first kappa shape index (κ1) is 19.2. The van der Waals surface area contributed by atoms with Crippen molar-refractivity contribution in [2.45, 2.75) is 13.3 Å². The molecule has 0 aliphatic carbocycles. The number of benzene rings is 3. The fraction of sp³-hybridized carbons (Fsp3) is 0.192. The van der Waals surface area contributed by atoms with E-state index in [4.69, 9.17) is 19.2 Å². The Morgan fingerprint density at radius 1 is 0.839 bits per heavy atom. The molecular weight excluding hydrogens is 388 g/mol. The van der Waals surface area contributed by atoms with Gasteiger partial charge in [0.1, 0.15) is 28.5 Å². The Morgan fingerprint density at radius 3 is 2.29 bits per heavy atom. The van der Waals surface area contributed by atoms with E-state index in [0.29, 0.717) is 0 Å². The molecule has 5 heteroatoms. The van der Waals surface area contributed by atoms with Crippen LogP contribution in [0.25, 0.3) is 10.9 Å². The third-order valence-corrected chi connectivity index (χ3v) is 5.74. The Bertz CT molecular complexity index is 1240. The summed E-state index contributed by atoms with van der Waals surface area (Å²) in [5, 5.41) is 1.04. The van der Waals surface area contributed by atoms with Gasteiger partial charge >= 0.3 is 0 Å². The largest absolute Gasteiger partial charge is 0.497 e. The van der Waals surface area contributed by atoms with E-state index >= 15 is 0 Å². The molecule has 4 aromatic rings. The minimum atomic E-state index is 0.721. The molecule has 3 aromatic carbocycles. The number of para-hydroxylation sites is 1. The first-order valence-corrected chi connectivity index (χ1v) is 10.3. The summed E-state index contributed by atoms with van der Waals surface area (Å²) in [6.07, 6.45) is 0.950. The maximum absolute atomic E-state index is 5.95. The lowest BCUT2D eigenvalue weighted by Crippen LogP contribution is -2.13. The minimum Gasteiger partial charge on any atom is -0.497 e. The second-order valence-electron chi connectivity index (χ2n) is 7.56. The topological polar surface area (TPSA) is 43.8 Å². The van der Waals surface area contributed by atoms with Crippen molar-refractivity contribution in [2.75, 3.05) is 25.7 Å². The summed E-state index contributed by atoms with van der Waals surface area (Å²) in [7, 11) is 3.34. The van der Waals surface area contributed by atoms with Crippen molar-refractivity contribution in [1.29, 1.82) is 0 Å². The van der Waals surface area contributed by atoms with E-state index in [0.717, 1.165) is 58.2 Å². The van der Waals surface area contributed by atoms with E-state index in [1.165, 1.54) is 11.3 Å². The van der Waals surface area contributed by atoms with Crippen LogP contribution in [-0.2, 0) is 6.42 Å². The molecule has 0 spiro atoms. The van der Waals surface area contributed by atoms with Gasteiger partial charge in [-0.05, 0) is 61.4 Å². The molecule has 156 valence electrons. The maximum Gasteiger partial charge on any atom is 0.148 e. The van der Waals surface area contributed by atoms with Gasteiger partial charge in [0.15, 0.2) is 0 Å². The molecule has 0 atom stereocenters. The quantitative estimate of drug-likeness (QED) is 0.399. The molecule has 1 aliphatic heterocycles. The molecule has 5 rings (SSSR count). The first-order valence-electron chi connectivity index (χ1n) is 10.3. The maximum atomic E-state index is 5.95. The second kappa shape index (κ2) is 7.84. The highest BCUT2D eigenvalue weighted by atomic mass is 16.5. The Hall–Kier alpha value is -3.73. The summed E-state index contributed by atoms with van der Waals surface area (Å²) in [5.74, 6) is 3.12. The van der Waals surface area contributed by atoms with Crippen molar-refractivity contribution in [3.8, 4) is 23.0 Å². The van der Waals surface area contributed by atoms with Crippen LogP contribution in [0.1, 0.15) is 11.3 Å². The molecule has 0 N–H and O–H groups in total. The molecular formula is C26H24N2O3. The van der Waals surface area contributed by atoms with Crippen LogP contribution < -0.4 is 19.1 Å². The monoisotopic (exact) mass is 412 g/mol. The van der Waals surface area contributed by atoms with Crippen molar-refractivity contribution in [3.63, 3.8) is 0 Å². The van der Waals surface area contributed by atoms with E-state index in [-0.39, 0.29) is 0 Å². The Kier molecular flexibility index (Phi) is 4.86. The van der Waals surface area contributed by atoms with Crippen LogP contribution in [0.4, 0.5) is 11.4 Å². The van der Waals surface area contributed by atoms with Gasteiger partial charge in [0.25, 0.3) is 0 Å². The number of aromatic nitrogens is 1. The number of methoxy groups -OCH3 is 2. The zero-order chi connectivity index (χ0) is 21.4. The highest BCUT2D eigenvalue weighted by Crippen LogP contribution is 2.44. The molecule has 0 fully saturated rings. The highest BCUT2D eigenvalue weighted by molar-refractivity contribution is 6.01. The average molecular weight is 412 g/mol. The van der Waals surface area contributed by atoms with Crippen molar-refractivity contribution in [1.82, 2.24) is 4.98 Å². The summed E-state index contributed by atoms with van der Waals surface area (Å²) in [5.41, 5.74) is 5.46. The van der Waals surface area contributed by atoms with E-state index < -0.39 is 0 Å². The van der Waals surface area contributed by atoms with E-state index in [9.17, 15) is 0 Å². The van der Waals surface area contributed by atoms with Gasteiger partial charge in [-0.25, -0.2) is 4.98 Å². The van der Waals surface area contributed by atoms with Gasteiger partial charge in [-0.2, -0.15) is 0 Å². The predicted octanol–water partition coefficient (Wildman–Crippen LogP) is 6.05. The number of pyridine rings is 1. The SMILES string of the molecule is COc1cc(OC)c2nc(C)c3c(c2c1)N(c1ccc(Oc2ccccc2)cc1)CC3. The van der Waals surface area contributed by atoms with Gasteiger partial charge in [0.05, 0.1) is 19.9 Å². The number of rotatable bonds is 5. The van der Waals surface area contributed by atoms with Gasteiger partial charge in [0.2, 0.25) is 0 Å². The fourth-order valence-electron chi connectivity index (χ4n) is 4.24. The molecule has 0 amide bonds.